The van der Waals surface area contributed by atoms with Gasteiger partial charge in [-0.3, -0.25) is 14.9 Å². The number of hydrogen-bond donors (Lipinski definition) is 2. The SMILES string of the molecule is O=C(CCSS(=O)(=O)[O-])Nc1ccc([N+](=O)[O-])cc1.[NH4+]. The highest BCUT2D eigenvalue weighted by molar-refractivity contribution is 8.69. The van der Waals surface area contributed by atoms with Gasteiger partial charge in [-0.05, 0) is 22.9 Å². The summed E-state index contributed by atoms with van der Waals surface area (Å²) in [6.07, 6.45) is -0.150. The van der Waals surface area contributed by atoms with Crippen LogP contribution in [0.3, 0.4) is 0 Å². The van der Waals surface area contributed by atoms with E-state index in [0.29, 0.717) is 5.69 Å². The Labute approximate surface area is 118 Å². The highest BCUT2D eigenvalue weighted by atomic mass is 33.1. The van der Waals surface area contributed by atoms with Crippen LogP contribution in [-0.2, 0) is 13.9 Å². The van der Waals surface area contributed by atoms with Crippen LogP contribution >= 0.6 is 10.8 Å². The molecule has 1 aromatic carbocycles. The number of nitrogens with one attached hydrogen (secondary N) is 1. The molecule has 11 heteroatoms. The van der Waals surface area contributed by atoms with Gasteiger partial charge in [-0.15, -0.1) is 0 Å². The molecule has 0 radical (unpaired) electrons. The normalized spacial score (nSPS) is 10.4. The Morgan fingerprint density at radius 1 is 1.30 bits per heavy atom. The topological polar surface area (TPSA) is 166 Å². The van der Waals surface area contributed by atoms with E-state index < -0.39 is 20.0 Å². The number of carbonyl (C=O) groups excluding carboxylic acids is 1. The molecule has 0 heterocycles. The molecule has 9 nitrogen and oxygen atoms in total. The molecule has 0 bridgehead atoms. The largest absolute Gasteiger partial charge is 0.739 e. The number of non-ortho nitro benzene ring substituents is 1. The van der Waals surface area contributed by atoms with Crippen molar-refractivity contribution in [1.29, 1.82) is 0 Å². The number of benzene rings is 1. The summed E-state index contributed by atoms with van der Waals surface area (Å²) in [6, 6.07) is 5.17. The number of hydrogen-bond acceptors (Lipinski definition) is 7. The second-order valence-electron chi connectivity index (χ2n) is 3.33. The van der Waals surface area contributed by atoms with Crippen LogP contribution in [0.2, 0.25) is 0 Å². The molecule has 0 aliphatic heterocycles. The molecule has 0 spiro atoms. The van der Waals surface area contributed by atoms with Crippen LogP contribution < -0.4 is 11.5 Å². The summed E-state index contributed by atoms with van der Waals surface area (Å²) >= 11 is 0. The van der Waals surface area contributed by atoms with E-state index in [9.17, 15) is 27.9 Å². The quantitative estimate of drug-likeness (QED) is 0.346. The molecule has 1 aromatic rings. The molecule has 0 unspecified atom stereocenters. The van der Waals surface area contributed by atoms with Gasteiger partial charge in [0.15, 0.2) is 0 Å². The number of carbonyl (C=O) groups is 1. The Kier molecular flexibility index (Phi) is 7.13. The lowest BCUT2D eigenvalue weighted by Gasteiger charge is -2.06. The molecule has 0 aliphatic carbocycles. The number of nitro groups is 1. The van der Waals surface area contributed by atoms with Crippen LogP contribution in [0.4, 0.5) is 11.4 Å². The van der Waals surface area contributed by atoms with Crippen molar-refractivity contribution in [3.63, 3.8) is 0 Å². The molecule has 0 aromatic heterocycles. The molecule has 5 N–H and O–H groups in total. The number of quaternary nitrogens is 1. The predicted octanol–water partition coefficient (Wildman–Crippen LogP) is 1.49. The van der Waals surface area contributed by atoms with Gasteiger partial charge in [0, 0.05) is 30.0 Å². The van der Waals surface area contributed by atoms with Crippen LogP contribution in [0.25, 0.3) is 0 Å². The number of nitro benzene ring substituents is 1. The molecular weight excluding hydrogens is 310 g/mol. The number of rotatable bonds is 6. The highest BCUT2D eigenvalue weighted by Gasteiger charge is 2.07. The van der Waals surface area contributed by atoms with Crippen LogP contribution in [0.15, 0.2) is 24.3 Å². The molecule has 0 fully saturated rings. The first-order chi connectivity index (χ1) is 8.78. The van der Waals surface area contributed by atoms with Crippen molar-refractivity contribution < 1.29 is 22.7 Å². The zero-order chi connectivity index (χ0) is 14.5. The van der Waals surface area contributed by atoms with Gasteiger partial charge in [-0.2, -0.15) is 0 Å². The van der Waals surface area contributed by atoms with Gasteiger partial charge in [-0.1, -0.05) is 0 Å². The minimum absolute atomic E-state index is 0. The van der Waals surface area contributed by atoms with E-state index in [2.05, 4.69) is 5.32 Å². The zero-order valence-corrected chi connectivity index (χ0v) is 12.1. The van der Waals surface area contributed by atoms with Gasteiger partial charge >= 0.3 is 0 Å². The Hall–Kier alpha value is -1.69. The lowest BCUT2D eigenvalue weighted by atomic mass is 10.3. The van der Waals surface area contributed by atoms with Crippen molar-refractivity contribution in [2.75, 3.05) is 11.1 Å². The summed E-state index contributed by atoms with van der Waals surface area (Å²) in [6.45, 7) is 0. The third-order valence-electron chi connectivity index (χ3n) is 1.92. The van der Waals surface area contributed by atoms with Gasteiger partial charge in [0.1, 0.15) is 9.15 Å². The Bertz CT molecular complexity index is 572. The fourth-order valence-corrected chi connectivity index (χ4v) is 2.46. The standard InChI is InChI=1S/C9H10N2O6S2.H3N/c12-9(5-6-18-19(15,16)17)10-7-1-3-8(4-2-7)11(13)14;/h1-4H,5-6H2,(H,10,12)(H,15,16,17);1H3. The van der Waals surface area contributed by atoms with Gasteiger partial charge in [0.25, 0.3) is 5.69 Å². The molecular formula is C9H13N3O6S2. The van der Waals surface area contributed by atoms with Gasteiger partial charge in [0.2, 0.25) is 5.91 Å². The third-order valence-corrected chi connectivity index (χ3v) is 3.94. The second kappa shape index (κ2) is 7.79. The van der Waals surface area contributed by atoms with E-state index >= 15 is 0 Å². The molecule has 0 saturated heterocycles. The minimum atomic E-state index is -4.40. The van der Waals surface area contributed by atoms with E-state index in [1.54, 1.807) is 0 Å². The first kappa shape index (κ1) is 18.3. The number of anilines is 1. The highest BCUT2D eigenvalue weighted by Crippen LogP contribution is 2.16. The zero-order valence-electron chi connectivity index (χ0n) is 10.4. The molecule has 1 rings (SSSR count). The van der Waals surface area contributed by atoms with E-state index in [4.69, 9.17) is 0 Å². The van der Waals surface area contributed by atoms with Crippen LogP contribution in [0.1, 0.15) is 6.42 Å². The van der Waals surface area contributed by atoms with Gasteiger partial charge < -0.3 is 16.0 Å². The Morgan fingerprint density at radius 2 is 1.85 bits per heavy atom. The maximum Gasteiger partial charge on any atom is 0.269 e. The van der Waals surface area contributed by atoms with Crippen molar-refractivity contribution in [1.82, 2.24) is 6.15 Å². The molecule has 0 atom stereocenters. The maximum absolute atomic E-state index is 11.4. The Balaban J connectivity index is 0.00000361. The summed E-state index contributed by atoms with van der Waals surface area (Å²) in [5.74, 6) is -0.630. The average molecular weight is 323 g/mol. The summed E-state index contributed by atoms with van der Waals surface area (Å²) in [4.78, 5) is 21.2. The van der Waals surface area contributed by atoms with Crippen molar-refractivity contribution in [3.8, 4) is 0 Å². The van der Waals surface area contributed by atoms with Crippen LogP contribution in [0, 0.1) is 10.1 Å². The molecule has 0 saturated carbocycles. The molecule has 112 valence electrons. The summed E-state index contributed by atoms with van der Waals surface area (Å²) in [5, 5.41) is 12.8. The lowest BCUT2D eigenvalue weighted by Crippen LogP contribution is -2.12. The molecule has 0 aliphatic rings. The first-order valence-corrected chi connectivity index (χ1v) is 7.83. The van der Waals surface area contributed by atoms with E-state index in [1.165, 1.54) is 24.3 Å². The molecule has 20 heavy (non-hydrogen) atoms. The minimum Gasteiger partial charge on any atom is -0.739 e. The van der Waals surface area contributed by atoms with Crippen molar-refractivity contribution in [2.45, 2.75) is 6.42 Å². The smallest absolute Gasteiger partial charge is 0.269 e. The van der Waals surface area contributed by atoms with Crippen LogP contribution in [0.5, 0.6) is 0 Å². The fraction of sp³-hybridized carbons (Fsp3) is 0.222. The Morgan fingerprint density at radius 3 is 2.30 bits per heavy atom. The van der Waals surface area contributed by atoms with Crippen LogP contribution in [-0.4, -0.2) is 29.6 Å². The van der Waals surface area contributed by atoms with Crippen molar-refractivity contribution in [2.24, 2.45) is 0 Å². The van der Waals surface area contributed by atoms with E-state index in [-0.39, 0.29) is 34.8 Å². The lowest BCUT2D eigenvalue weighted by molar-refractivity contribution is -0.384. The summed E-state index contributed by atoms with van der Waals surface area (Å²) in [7, 11) is -4.25. The average Bonchev–Trinajstić information content (AvgIpc) is 2.27. The van der Waals surface area contributed by atoms with Crippen molar-refractivity contribution in [3.05, 3.63) is 34.4 Å². The second-order valence-corrected chi connectivity index (χ2v) is 6.72. The van der Waals surface area contributed by atoms with Gasteiger partial charge in [-0.25, -0.2) is 8.42 Å². The number of nitrogens with zero attached hydrogens (tertiary/aromatic N) is 1. The first-order valence-electron chi connectivity index (χ1n) is 4.92. The van der Waals surface area contributed by atoms with E-state index in [0.717, 1.165) is 0 Å². The van der Waals surface area contributed by atoms with E-state index in [1.807, 2.05) is 0 Å². The number of amides is 1. The third kappa shape index (κ3) is 7.04. The summed E-state index contributed by atoms with van der Waals surface area (Å²) in [5.41, 5.74) is 0.247. The molecule has 1 amide bonds. The summed E-state index contributed by atoms with van der Waals surface area (Å²) < 4.78 is 30.9. The van der Waals surface area contributed by atoms with Crippen molar-refractivity contribution >= 4 is 37.2 Å². The fourth-order valence-electron chi connectivity index (χ4n) is 1.13. The maximum atomic E-state index is 11.4. The predicted molar refractivity (Wildman–Crippen MR) is 74.5 cm³/mol. The van der Waals surface area contributed by atoms with Gasteiger partial charge in [0.05, 0.1) is 4.92 Å². The monoisotopic (exact) mass is 323 g/mol.